The van der Waals surface area contributed by atoms with Crippen molar-refractivity contribution < 1.29 is 19.5 Å². The SMILES string of the molecule is Cc1ccc(CCCCCCCCCCC(=O)N[C@@H](CCC(=O)C(C)(C)C)C(=O)O)cc1. The molecular formula is C27H43NO4. The van der Waals surface area contributed by atoms with Crippen molar-refractivity contribution in [2.45, 2.75) is 111 Å². The summed E-state index contributed by atoms with van der Waals surface area (Å²) >= 11 is 0. The van der Waals surface area contributed by atoms with Gasteiger partial charge in [-0.05, 0) is 38.2 Å². The summed E-state index contributed by atoms with van der Waals surface area (Å²) in [7, 11) is 0. The molecule has 0 heterocycles. The zero-order chi connectivity index (χ0) is 24.0. The smallest absolute Gasteiger partial charge is 0.326 e. The first-order valence-corrected chi connectivity index (χ1v) is 12.2. The van der Waals surface area contributed by atoms with Gasteiger partial charge >= 0.3 is 5.97 Å². The predicted octanol–water partition coefficient (Wildman–Crippen LogP) is 6.01. The summed E-state index contributed by atoms with van der Waals surface area (Å²) in [4.78, 5) is 35.5. The lowest BCUT2D eigenvalue weighted by Gasteiger charge is -2.19. The number of ketones is 1. The first-order chi connectivity index (χ1) is 15.1. The number of Topliss-reactive ketones (excluding diaryl/α,β-unsaturated/α-hetero) is 1. The number of amides is 1. The van der Waals surface area contributed by atoms with Gasteiger partial charge in [-0.2, -0.15) is 0 Å². The standard InChI is InChI=1S/C27H43NO4/c1-21-15-17-22(18-16-21)13-11-9-7-5-6-8-10-12-14-25(30)28-23(26(31)32)19-20-24(29)27(2,3)4/h15-18,23H,5-14,19-20H2,1-4H3,(H,28,30)(H,31,32)/t23-/m0/s1. The van der Waals surface area contributed by atoms with Gasteiger partial charge in [0.1, 0.15) is 11.8 Å². The number of unbranched alkanes of at least 4 members (excludes halogenated alkanes) is 7. The molecular weight excluding hydrogens is 402 g/mol. The minimum atomic E-state index is -1.08. The highest BCUT2D eigenvalue weighted by molar-refractivity contribution is 5.86. The van der Waals surface area contributed by atoms with Crippen LogP contribution in [0, 0.1) is 12.3 Å². The molecule has 0 saturated heterocycles. The number of carbonyl (C=O) groups is 3. The average molecular weight is 446 g/mol. The average Bonchev–Trinajstić information content (AvgIpc) is 2.72. The molecule has 5 nitrogen and oxygen atoms in total. The summed E-state index contributed by atoms with van der Waals surface area (Å²) in [5.41, 5.74) is 2.23. The third-order valence-corrected chi connectivity index (χ3v) is 5.87. The summed E-state index contributed by atoms with van der Waals surface area (Å²) < 4.78 is 0. The molecule has 0 spiro atoms. The van der Waals surface area contributed by atoms with Crippen LogP contribution in [0.15, 0.2) is 24.3 Å². The second-order valence-electron chi connectivity index (χ2n) is 9.98. The molecule has 0 aromatic heterocycles. The van der Waals surface area contributed by atoms with E-state index in [4.69, 9.17) is 0 Å². The Labute approximate surface area is 194 Å². The molecule has 1 aromatic rings. The number of benzene rings is 1. The van der Waals surface area contributed by atoms with Crippen LogP contribution in [0.3, 0.4) is 0 Å². The first kappa shape index (κ1) is 27.9. The number of aliphatic carboxylic acids is 1. The molecule has 1 rings (SSSR count). The molecule has 32 heavy (non-hydrogen) atoms. The van der Waals surface area contributed by atoms with Gasteiger partial charge in [0.2, 0.25) is 5.91 Å². The number of hydrogen-bond donors (Lipinski definition) is 2. The minimum absolute atomic E-state index is 0.00754. The van der Waals surface area contributed by atoms with Crippen LogP contribution in [0.4, 0.5) is 0 Å². The van der Waals surface area contributed by atoms with Gasteiger partial charge in [0.05, 0.1) is 0 Å². The van der Waals surface area contributed by atoms with Crippen LogP contribution in [-0.4, -0.2) is 28.8 Å². The monoisotopic (exact) mass is 445 g/mol. The van der Waals surface area contributed by atoms with Gasteiger partial charge in [-0.3, -0.25) is 9.59 Å². The third kappa shape index (κ3) is 12.6. The van der Waals surface area contributed by atoms with Crippen LogP contribution >= 0.6 is 0 Å². The molecule has 180 valence electrons. The Bertz CT molecular complexity index is 703. The number of carboxylic acids is 1. The van der Waals surface area contributed by atoms with Crippen molar-refractivity contribution in [1.82, 2.24) is 5.32 Å². The second kappa shape index (κ2) is 14.8. The Balaban J connectivity index is 2.06. The zero-order valence-electron chi connectivity index (χ0n) is 20.5. The summed E-state index contributed by atoms with van der Waals surface area (Å²) in [5.74, 6) is -1.31. The van der Waals surface area contributed by atoms with Crippen molar-refractivity contribution in [1.29, 1.82) is 0 Å². The molecule has 0 radical (unpaired) electrons. The molecule has 0 fully saturated rings. The Morgan fingerprint density at radius 2 is 1.38 bits per heavy atom. The fourth-order valence-corrected chi connectivity index (χ4v) is 3.60. The van der Waals surface area contributed by atoms with E-state index in [1.165, 1.54) is 43.2 Å². The topological polar surface area (TPSA) is 83.5 Å². The predicted molar refractivity (Wildman–Crippen MR) is 130 cm³/mol. The minimum Gasteiger partial charge on any atom is -0.480 e. The van der Waals surface area contributed by atoms with Crippen LogP contribution < -0.4 is 5.32 Å². The Hall–Kier alpha value is -2.17. The molecule has 1 aromatic carbocycles. The fraction of sp³-hybridized carbons (Fsp3) is 0.667. The highest BCUT2D eigenvalue weighted by Crippen LogP contribution is 2.18. The Morgan fingerprint density at radius 1 is 0.844 bits per heavy atom. The lowest BCUT2D eigenvalue weighted by atomic mass is 9.87. The second-order valence-corrected chi connectivity index (χ2v) is 9.98. The summed E-state index contributed by atoms with van der Waals surface area (Å²) in [6.45, 7) is 7.56. The molecule has 0 aliphatic heterocycles. The van der Waals surface area contributed by atoms with Crippen molar-refractivity contribution in [3.63, 3.8) is 0 Å². The largest absolute Gasteiger partial charge is 0.480 e. The van der Waals surface area contributed by atoms with E-state index in [2.05, 4.69) is 36.5 Å². The molecule has 0 aliphatic carbocycles. The van der Waals surface area contributed by atoms with Gasteiger partial charge in [-0.25, -0.2) is 4.79 Å². The number of hydrogen-bond acceptors (Lipinski definition) is 3. The van der Waals surface area contributed by atoms with E-state index in [0.717, 1.165) is 25.7 Å². The molecule has 0 bridgehead atoms. The maximum absolute atomic E-state index is 12.1. The van der Waals surface area contributed by atoms with Crippen LogP contribution in [0.2, 0.25) is 0 Å². The van der Waals surface area contributed by atoms with Crippen LogP contribution in [-0.2, 0) is 20.8 Å². The quantitative estimate of drug-likeness (QED) is 0.305. The summed E-state index contributed by atoms with van der Waals surface area (Å²) in [6, 6.07) is 7.79. The van der Waals surface area contributed by atoms with Crippen molar-refractivity contribution >= 4 is 17.7 Å². The van der Waals surface area contributed by atoms with E-state index >= 15 is 0 Å². The van der Waals surface area contributed by atoms with Crippen molar-refractivity contribution in [3.05, 3.63) is 35.4 Å². The zero-order valence-corrected chi connectivity index (χ0v) is 20.5. The Morgan fingerprint density at radius 3 is 1.91 bits per heavy atom. The van der Waals surface area contributed by atoms with E-state index in [1.807, 2.05) is 20.8 Å². The lowest BCUT2D eigenvalue weighted by Crippen LogP contribution is -2.41. The van der Waals surface area contributed by atoms with Crippen molar-refractivity contribution in [2.75, 3.05) is 0 Å². The maximum atomic E-state index is 12.1. The summed E-state index contributed by atoms with van der Waals surface area (Å²) in [5, 5.41) is 11.9. The number of aryl methyl sites for hydroxylation is 2. The van der Waals surface area contributed by atoms with Gasteiger partial charge in [-0.15, -0.1) is 0 Å². The highest BCUT2D eigenvalue weighted by atomic mass is 16.4. The van der Waals surface area contributed by atoms with Crippen LogP contribution in [0.5, 0.6) is 0 Å². The van der Waals surface area contributed by atoms with E-state index < -0.39 is 17.4 Å². The van der Waals surface area contributed by atoms with Crippen molar-refractivity contribution in [3.8, 4) is 0 Å². The van der Waals surface area contributed by atoms with E-state index in [0.29, 0.717) is 6.42 Å². The van der Waals surface area contributed by atoms with Gasteiger partial charge in [0, 0.05) is 18.3 Å². The van der Waals surface area contributed by atoms with Gasteiger partial charge in [0.15, 0.2) is 0 Å². The molecule has 1 amide bonds. The first-order valence-electron chi connectivity index (χ1n) is 12.2. The van der Waals surface area contributed by atoms with Crippen LogP contribution in [0.25, 0.3) is 0 Å². The molecule has 5 heteroatoms. The summed E-state index contributed by atoms with van der Waals surface area (Å²) in [6.07, 6.45) is 10.8. The lowest BCUT2D eigenvalue weighted by molar-refractivity contribution is -0.142. The highest BCUT2D eigenvalue weighted by Gasteiger charge is 2.25. The Kier molecular flexibility index (Phi) is 12.9. The number of carboxylic acid groups (broad SMARTS) is 1. The third-order valence-electron chi connectivity index (χ3n) is 5.87. The van der Waals surface area contributed by atoms with E-state index in [9.17, 15) is 19.5 Å². The molecule has 2 N–H and O–H groups in total. The van der Waals surface area contributed by atoms with Crippen molar-refractivity contribution in [2.24, 2.45) is 5.41 Å². The van der Waals surface area contributed by atoms with E-state index in [-0.39, 0.29) is 24.5 Å². The number of nitrogens with one attached hydrogen (secondary N) is 1. The van der Waals surface area contributed by atoms with E-state index in [1.54, 1.807) is 0 Å². The number of carbonyl (C=O) groups excluding carboxylic acids is 2. The molecule has 0 saturated carbocycles. The molecule has 0 unspecified atom stereocenters. The fourth-order valence-electron chi connectivity index (χ4n) is 3.60. The van der Waals surface area contributed by atoms with Gasteiger partial charge in [-0.1, -0.05) is 89.1 Å². The molecule has 0 aliphatic rings. The number of rotatable bonds is 16. The normalized spacial score (nSPS) is 12.4. The molecule has 1 atom stereocenters. The van der Waals surface area contributed by atoms with Gasteiger partial charge < -0.3 is 10.4 Å². The van der Waals surface area contributed by atoms with Gasteiger partial charge in [0.25, 0.3) is 0 Å². The maximum Gasteiger partial charge on any atom is 0.326 e. The van der Waals surface area contributed by atoms with Crippen LogP contribution in [0.1, 0.15) is 103 Å².